The zero-order valence-electron chi connectivity index (χ0n) is 18.9. The van der Waals surface area contributed by atoms with E-state index < -0.39 is 0 Å². The van der Waals surface area contributed by atoms with Crippen LogP contribution in [0.15, 0.2) is 27.6 Å². The van der Waals surface area contributed by atoms with Crippen molar-refractivity contribution in [2.45, 2.75) is 95.9 Å². The van der Waals surface area contributed by atoms with E-state index >= 15 is 0 Å². The lowest BCUT2D eigenvalue weighted by molar-refractivity contribution is -0.162. The van der Waals surface area contributed by atoms with E-state index in [4.69, 9.17) is 13.9 Å². The van der Waals surface area contributed by atoms with Gasteiger partial charge >= 0.3 is 11.6 Å². The quantitative estimate of drug-likeness (QED) is 0.500. The van der Waals surface area contributed by atoms with Crippen molar-refractivity contribution in [1.82, 2.24) is 0 Å². The highest BCUT2D eigenvalue weighted by atomic mass is 16.6. The molecule has 9 atom stereocenters. The maximum Gasteiger partial charge on any atom is 0.335 e. The van der Waals surface area contributed by atoms with Crippen LogP contribution < -0.4 is 5.63 Å². The Morgan fingerprint density at radius 3 is 2.65 bits per heavy atom. The van der Waals surface area contributed by atoms with Gasteiger partial charge in [-0.2, -0.15) is 0 Å². The van der Waals surface area contributed by atoms with Crippen molar-refractivity contribution >= 4 is 5.97 Å². The molecule has 31 heavy (non-hydrogen) atoms. The number of fused-ring (bicyclic) bond motifs is 3. The molecule has 0 bridgehead atoms. The Bertz CT molecular complexity index is 948. The minimum Gasteiger partial charge on any atom is -0.463 e. The topological polar surface area (TPSA) is 69.0 Å². The van der Waals surface area contributed by atoms with Gasteiger partial charge in [0.25, 0.3) is 0 Å². The van der Waals surface area contributed by atoms with Gasteiger partial charge in [-0.1, -0.05) is 13.8 Å². The monoisotopic (exact) mass is 426 g/mol. The van der Waals surface area contributed by atoms with Gasteiger partial charge in [0.2, 0.25) is 0 Å². The smallest absolute Gasteiger partial charge is 0.335 e. The van der Waals surface area contributed by atoms with Crippen LogP contribution >= 0.6 is 0 Å². The van der Waals surface area contributed by atoms with Gasteiger partial charge in [-0.3, -0.25) is 4.79 Å². The Morgan fingerprint density at radius 2 is 1.90 bits per heavy atom. The first kappa shape index (κ1) is 20.0. The molecule has 1 spiro atoms. The number of rotatable bonds is 2. The fourth-order valence-electron chi connectivity index (χ4n) is 9.06. The summed E-state index contributed by atoms with van der Waals surface area (Å²) in [7, 11) is 0. The van der Waals surface area contributed by atoms with E-state index in [9.17, 15) is 9.59 Å². The minimum absolute atomic E-state index is 0.00255. The van der Waals surface area contributed by atoms with Crippen molar-refractivity contribution in [2.75, 3.05) is 0 Å². The standard InChI is InChI=1S/C26H34O5/c1-15(27)30-18-8-10-24(2)17(12-18)5-6-20-19(24)9-11-25(3)21(13-22-26(20,25)31-22)16-4-7-23(28)29-14-16/h4,7,14,17-22H,5-6,8-13H2,1-3H3/t17-,18+,19?,20?,21-,22+,24+,25-,26+/m1/s1. The molecule has 4 aliphatic carbocycles. The fourth-order valence-corrected chi connectivity index (χ4v) is 9.06. The lowest BCUT2D eigenvalue weighted by Crippen LogP contribution is -2.58. The molecule has 5 aliphatic rings. The predicted molar refractivity (Wildman–Crippen MR) is 114 cm³/mol. The molecule has 0 aromatic carbocycles. The van der Waals surface area contributed by atoms with E-state index in [0.29, 0.717) is 35.2 Å². The number of carbonyl (C=O) groups excluding carboxylic acids is 1. The predicted octanol–water partition coefficient (Wildman–Crippen LogP) is 4.83. The average molecular weight is 427 g/mol. The van der Waals surface area contributed by atoms with Crippen molar-refractivity contribution in [3.63, 3.8) is 0 Å². The van der Waals surface area contributed by atoms with Crippen LogP contribution in [0.5, 0.6) is 0 Å². The summed E-state index contributed by atoms with van der Waals surface area (Å²) in [4.78, 5) is 23.0. The van der Waals surface area contributed by atoms with Gasteiger partial charge in [0.05, 0.1) is 12.4 Å². The molecular formula is C26H34O5. The van der Waals surface area contributed by atoms with Crippen LogP contribution in [0.25, 0.3) is 0 Å². The second kappa shape index (κ2) is 6.46. The van der Waals surface area contributed by atoms with E-state index in [1.807, 2.05) is 6.07 Å². The zero-order valence-corrected chi connectivity index (χ0v) is 18.9. The molecule has 4 saturated carbocycles. The van der Waals surface area contributed by atoms with Gasteiger partial charge in [0.15, 0.2) is 0 Å². The number of epoxide rings is 1. The minimum atomic E-state index is -0.276. The Labute approximate surface area is 183 Å². The van der Waals surface area contributed by atoms with E-state index in [2.05, 4.69) is 13.8 Å². The highest BCUT2D eigenvalue weighted by Crippen LogP contribution is 2.77. The summed E-state index contributed by atoms with van der Waals surface area (Å²) in [6.45, 7) is 6.50. The van der Waals surface area contributed by atoms with Crippen LogP contribution in [0.2, 0.25) is 0 Å². The zero-order chi connectivity index (χ0) is 21.6. The molecule has 5 heteroatoms. The highest BCUT2D eigenvalue weighted by Gasteiger charge is 2.80. The SMILES string of the molecule is CC(=O)O[C@H]1CC[C@]2(C)C3CC[C@]4(C)[C@@H](c5ccc(=O)oc5)C[C@@H]5O[C@@]54C3CC[C@@H]2C1. The maximum absolute atomic E-state index is 11.5. The Balaban J connectivity index is 1.28. The van der Waals surface area contributed by atoms with E-state index in [1.165, 1.54) is 32.6 Å². The third kappa shape index (κ3) is 2.59. The van der Waals surface area contributed by atoms with Gasteiger partial charge in [-0.25, -0.2) is 4.79 Å². The van der Waals surface area contributed by atoms with Gasteiger partial charge in [0, 0.05) is 18.4 Å². The number of hydrogen-bond donors (Lipinski definition) is 0. The molecule has 1 saturated heterocycles. The summed E-state index contributed by atoms with van der Waals surface area (Å²) in [6.07, 6.45) is 11.2. The van der Waals surface area contributed by atoms with Crippen molar-refractivity contribution in [3.05, 3.63) is 34.4 Å². The largest absolute Gasteiger partial charge is 0.463 e. The Kier molecular flexibility index (Phi) is 4.17. The fraction of sp³-hybridized carbons (Fsp3) is 0.769. The first-order valence-corrected chi connectivity index (χ1v) is 12.2. The molecule has 5 fully saturated rings. The molecule has 1 aromatic heterocycles. The van der Waals surface area contributed by atoms with Crippen LogP contribution in [0, 0.1) is 28.6 Å². The average Bonchev–Trinajstić information content (AvgIpc) is 3.39. The number of hydrogen-bond acceptors (Lipinski definition) is 5. The molecule has 6 rings (SSSR count). The molecule has 0 N–H and O–H groups in total. The van der Waals surface area contributed by atoms with Crippen molar-refractivity contribution in [2.24, 2.45) is 28.6 Å². The summed E-state index contributed by atoms with van der Waals surface area (Å²) >= 11 is 0. The third-order valence-electron chi connectivity index (χ3n) is 10.5. The van der Waals surface area contributed by atoms with Crippen molar-refractivity contribution < 1.29 is 18.7 Å². The molecule has 168 valence electrons. The highest BCUT2D eigenvalue weighted by molar-refractivity contribution is 5.66. The van der Waals surface area contributed by atoms with E-state index in [0.717, 1.165) is 31.2 Å². The summed E-state index contributed by atoms with van der Waals surface area (Å²) in [5, 5.41) is 0. The van der Waals surface area contributed by atoms with Crippen molar-refractivity contribution in [1.29, 1.82) is 0 Å². The molecule has 0 radical (unpaired) electrons. The second-order valence-electron chi connectivity index (χ2n) is 11.5. The molecule has 1 aliphatic heterocycles. The van der Waals surface area contributed by atoms with Crippen LogP contribution in [0.1, 0.15) is 83.6 Å². The summed E-state index contributed by atoms with van der Waals surface area (Å²) < 4.78 is 17.5. The molecule has 0 amide bonds. The lowest BCUT2D eigenvalue weighted by Gasteiger charge is -2.61. The number of esters is 1. The van der Waals surface area contributed by atoms with Crippen LogP contribution in [0.3, 0.4) is 0 Å². The molecule has 5 nitrogen and oxygen atoms in total. The maximum atomic E-state index is 11.5. The van der Waals surface area contributed by atoms with Crippen molar-refractivity contribution in [3.8, 4) is 0 Å². The van der Waals surface area contributed by atoms with E-state index in [-0.39, 0.29) is 28.7 Å². The van der Waals surface area contributed by atoms with Gasteiger partial charge in [0.1, 0.15) is 11.7 Å². The lowest BCUT2D eigenvalue weighted by atomic mass is 9.44. The van der Waals surface area contributed by atoms with E-state index in [1.54, 1.807) is 12.3 Å². The van der Waals surface area contributed by atoms with Gasteiger partial charge in [-0.05, 0) is 92.1 Å². The summed E-state index contributed by atoms with van der Waals surface area (Å²) in [5.74, 6) is 2.21. The first-order chi connectivity index (χ1) is 14.8. The third-order valence-corrected chi connectivity index (χ3v) is 10.5. The van der Waals surface area contributed by atoms with Crippen LogP contribution in [-0.4, -0.2) is 23.8 Å². The molecule has 1 aromatic rings. The van der Waals surface area contributed by atoms with Gasteiger partial charge < -0.3 is 13.9 Å². The Morgan fingerprint density at radius 1 is 1.06 bits per heavy atom. The number of carbonyl (C=O) groups is 1. The summed E-state index contributed by atoms with van der Waals surface area (Å²) in [5.41, 5.74) is 1.32. The Hall–Kier alpha value is -1.62. The van der Waals surface area contributed by atoms with Crippen LogP contribution in [-0.2, 0) is 14.3 Å². The van der Waals surface area contributed by atoms with Crippen LogP contribution in [0.4, 0.5) is 0 Å². The second-order valence-corrected chi connectivity index (χ2v) is 11.5. The molecule has 2 unspecified atom stereocenters. The normalized spacial score (nSPS) is 49.9. The molecule has 2 heterocycles. The molecular weight excluding hydrogens is 392 g/mol. The first-order valence-electron chi connectivity index (χ1n) is 12.2. The summed E-state index contributed by atoms with van der Waals surface area (Å²) in [6, 6.07) is 3.54. The van der Waals surface area contributed by atoms with Gasteiger partial charge in [-0.15, -0.1) is 0 Å². The number of ether oxygens (including phenoxy) is 2.